The van der Waals surface area contributed by atoms with E-state index in [1.165, 1.54) is 28.7 Å². The third kappa shape index (κ3) is 4.09. The molecule has 0 saturated heterocycles. The molecule has 1 aromatic carbocycles. The van der Waals surface area contributed by atoms with Crippen LogP contribution in [-0.4, -0.2) is 38.4 Å². The molecule has 9 heteroatoms. The van der Waals surface area contributed by atoms with Crippen LogP contribution in [0.4, 0.5) is 0 Å². The maximum absolute atomic E-state index is 6.47. The number of fused-ring (bicyclic) bond motifs is 3. The lowest BCUT2D eigenvalue weighted by atomic mass is 9.97. The molecular weight excluding hydrogens is 450 g/mol. The molecule has 5 rings (SSSR count). The normalized spacial score (nSPS) is 13.6. The van der Waals surface area contributed by atoms with E-state index < -0.39 is 0 Å². The number of aryl methyl sites for hydroxylation is 2. The highest BCUT2D eigenvalue weighted by molar-refractivity contribution is 7.99. The monoisotopic (exact) mass is 471 g/mol. The zero-order valence-corrected chi connectivity index (χ0v) is 19.6. The average molecular weight is 472 g/mol. The first-order valence-corrected chi connectivity index (χ1v) is 12.4. The van der Waals surface area contributed by atoms with Crippen molar-refractivity contribution in [3.05, 3.63) is 46.1 Å². The second-order valence-corrected chi connectivity index (χ2v) is 9.90. The first-order chi connectivity index (χ1) is 15.3. The molecule has 0 atom stereocenters. The molecule has 4 aromatic rings. The van der Waals surface area contributed by atoms with Crippen LogP contribution in [0.3, 0.4) is 0 Å². The van der Waals surface area contributed by atoms with Crippen molar-refractivity contribution in [3.8, 4) is 11.4 Å². The zero-order chi connectivity index (χ0) is 21.2. The van der Waals surface area contributed by atoms with E-state index in [-0.39, 0.29) is 0 Å². The minimum Gasteiger partial charge on any atom is -0.385 e. The molecule has 0 spiro atoms. The molecule has 6 nitrogen and oxygen atoms in total. The van der Waals surface area contributed by atoms with Crippen molar-refractivity contribution in [3.63, 3.8) is 0 Å². The van der Waals surface area contributed by atoms with Gasteiger partial charge >= 0.3 is 0 Å². The van der Waals surface area contributed by atoms with E-state index in [0.29, 0.717) is 11.6 Å². The van der Waals surface area contributed by atoms with Crippen LogP contribution in [0.1, 0.15) is 29.7 Å². The lowest BCUT2D eigenvalue weighted by Crippen LogP contribution is -2.05. The van der Waals surface area contributed by atoms with Gasteiger partial charge in [-0.1, -0.05) is 23.7 Å². The summed E-state index contributed by atoms with van der Waals surface area (Å²) in [5.74, 6) is 0.766. The van der Waals surface area contributed by atoms with Crippen molar-refractivity contribution in [1.29, 1.82) is 0 Å². The highest BCUT2D eigenvalue weighted by atomic mass is 35.5. The van der Waals surface area contributed by atoms with Gasteiger partial charge in [-0.25, -0.2) is 9.97 Å². The van der Waals surface area contributed by atoms with E-state index >= 15 is 0 Å². The molecule has 3 heterocycles. The van der Waals surface area contributed by atoms with E-state index in [1.807, 2.05) is 35.6 Å². The van der Waals surface area contributed by atoms with Crippen molar-refractivity contribution in [2.24, 2.45) is 0 Å². The second-order valence-electron chi connectivity index (χ2n) is 7.46. The first-order valence-electron chi connectivity index (χ1n) is 10.4. The van der Waals surface area contributed by atoms with E-state index in [0.717, 1.165) is 52.2 Å². The van der Waals surface area contributed by atoms with Crippen molar-refractivity contribution >= 4 is 44.9 Å². The van der Waals surface area contributed by atoms with Crippen LogP contribution in [0.25, 0.3) is 21.6 Å². The largest absolute Gasteiger partial charge is 0.385 e. The summed E-state index contributed by atoms with van der Waals surface area (Å²) in [6.45, 7) is 1.40. The Hall–Kier alpha value is -2.00. The maximum atomic E-state index is 6.47. The number of thiophene rings is 1. The number of benzene rings is 1. The molecule has 0 amide bonds. The van der Waals surface area contributed by atoms with Gasteiger partial charge in [0.15, 0.2) is 11.0 Å². The zero-order valence-electron chi connectivity index (χ0n) is 17.2. The number of ether oxygens (including phenoxy) is 1. The molecule has 0 unspecified atom stereocenters. The molecule has 0 saturated carbocycles. The molecule has 31 heavy (non-hydrogen) atoms. The van der Waals surface area contributed by atoms with Crippen LogP contribution >= 0.6 is 34.7 Å². The summed E-state index contributed by atoms with van der Waals surface area (Å²) < 4.78 is 7.39. The van der Waals surface area contributed by atoms with E-state index in [1.54, 1.807) is 25.2 Å². The Morgan fingerprint density at radius 1 is 1.16 bits per heavy atom. The lowest BCUT2D eigenvalue weighted by molar-refractivity contribution is 0.189. The SMILES string of the molecule is COCCCn1c(Sc2ncnc3sc4c(c23)CCCC4)nnc1-c1ccccc1Cl. The van der Waals surface area contributed by atoms with Gasteiger partial charge in [0.25, 0.3) is 0 Å². The first kappa shape index (κ1) is 20.9. The number of nitrogens with zero attached hydrogens (tertiary/aromatic N) is 5. The molecule has 0 fully saturated rings. The van der Waals surface area contributed by atoms with Crippen LogP contribution in [0.5, 0.6) is 0 Å². The van der Waals surface area contributed by atoms with Gasteiger partial charge in [-0.3, -0.25) is 0 Å². The molecule has 3 aromatic heterocycles. The number of hydrogen-bond acceptors (Lipinski definition) is 7. The summed E-state index contributed by atoms with van der Waals surface area (Å²) in [7, 11) is 1.72. The molecule has 0 radical (unpaired) electrons. The second kappa shape index (κ2) is 9.24. The Morgan fingerprint density at radius 2 is 2.03 bits per heavy atom. The van der Waals surface area contributed by atoms with Crippen LogP contribution in [-0.2, 0) is 24.1 Å². The maximum Gasteiger partial charge on any atom is 0.197 e. The summed E-state index contributed by atoms with van der Waals surface area (Å²) in [5.41, 5.74) is 2.30. The predicted molar refractivity (Wildman–Crippen MR) is 125 cm³/mol. The van der Waals surface area contributed by atoms with Gasteiger partial charge in [-0.05, 0) is 61.6 Å². The number of rotatable bonds is 7. The van der Waals surface area contributed by atoms with Gasteiger partial charge in [0.1, 0.15) is 16.2 Å². The number of halogens is 1. The van der Waals surface area contributed by atoms with E-state index in [4.69, 9.17) is 16.3 Å². The smallest absolute Gasteiger partial charge is 0.197 e. The molecular formula is C22H22ClN5OS2. The molecule has 0 aliphatic heterocycles. The lowest BCUT2D eigenvalue weighted by Gasteiger charge is -2.12. The number of hydrogen-bond donors (Lipinski definition) is 0. The predicted octanol–water partition coefficient (Wildman–Crippen LogP) is 5.67. The standard InChI is InChI=1S/C22H22ClN5OS2/c1-29-12-6-11-28-19(14-7-2-4-9-16(14)23)26-27-22(28)31-21-18-15-8-3-5-10-17(15)30-20(18)24-13-25-21/h2,4,7,9,13H,3,5-6,8,10-12H2,1H3. The van der Waals surface area contributed by atoms with Gasteiger partial charge in [0.2, 0.25) is 0 Å². The summed E-state index contributed by atoms with van der Waals surface area (Å²) in [5, 5.41) is 12.7. The molecule has 1 aliphatic carbocycles. The van der Waals surface area contributed by atoms with Crippen LogP contribution in [0.2, 0.25) is 5.02 Å². The fourth-order valence-corrected chi connectivity index (χ4v) is 6.48. The fourth-order valence-electron chi connectivity index (χ4n) is 4.00. The van der Waals surface area contributed by atoms with Crippen molar-refractivity contribution in [1.82, 2.24) is 24.7 Å². The Labute approximate surface area is 194 Å². The van der Waals surface area contributed by atoms with Crippen molar-refractivity contribution < 1.29 is 4.74 Å². The summed E-state index contributed by atoms with van der Waals surface area (Å²) in [6, 6.07) is 7.74. The molecule has 160 valence electrons. The van der Waals surface area contributed by atoms with Gasteiger partial charge in [-0.2, -0.15) is 0 Å². The van der Waals surface area contributed by atoms with Gasteiger partial charge in [0.05, 0.1) is 5.02 Å². The van der Waals surface area contributed by atoms with Gasteiger partial charge in [-0.15, -0.1) is 21.5 Å². The van der Waals surface area contributed by atoms with Crippen LogP contribution in [0.15, 0.2) is 40.8 Å². The third-order valence-electron chi connectivity index (χ3n) is 5.47. The minimum atomic E-state index is 0.663. The third-order valence-corrected chi connectivity index (χ3v) is 7.98. The summed E-state index contributed by atoms with van der Waals surface area (Å²) in [6.07, 6.45) is 7.23. The quantitative estimate of drug-likeness (QED) is 0.255. The van der Waals surface area contributed by atoms with Crippen LogP contribution in [0, 0.1) is 0 Å². The number of methoxy groups -OCH3 is 1. The highest BCUT2D eigenvalue weighted by Crippen LogP contribution is 2.41. The Kier molecular flexibility index (Phi) is 6.22. The molecule has 0 N–H and O–H groups in total. The molecule has 0 bridgehead atoms. The van der Waals surface area contributed by atoms with E-state index in [2.05, 4.69) is 24.7 Å². The number of aromatic nitrogens is 5. The molecule has 1 aliphatic rings. The highest BCUT2D eigenvalue weighted by Gasteiger charge is 2.23. The van der Waals surface area contributed by atoms with Crippen LogP contribution < -0.4 is 0 Å². The fraction of sp³-hybridized carbons (Fsp3) is 0.364. The topological polar surface area (TPSA) is 65.7 Å². The van der Waals surface area contributed by atoms with Gasteiger partial charge < -0.3 is 9.30 Å². The van der Waals surface area contributed by atoms with Crippen molar-refractivity contribution in [2.45, 2.75) is 48.8 Å². The average Bonchev–Trinajstić information content (AvgIpc) is 3.36. The van der Waals surface area contributed by atoms with Gasteiger partial charge in [0, 0.05) is 36.1 Å². The Morgan fingerprint density at radius 3 is 2.90 bits per heavy atom. The van der Waals surface area contributed by atoms with Crippen molar-refractivity contribution in [2.75, 3.05) is 13.7 Å². The van der Waals surface area contributed by atoms with E-state index in [9.17, 15) is 0 Å². The summed E-state index contributed by atoms with van der Waals surface area (Å²) in [4.78, 5) is 11.7. The Balaban J connectivity index is 1.56. The minimum absolute atomic E-state index is 0.663. The summed E-state index contributed by atoms with van der Waals surface area (Å²) >= 11 is 9.84. The Bertz CT molecular complexity index is 1220.